The van der Waals surface area contributed by atoms with Crippen LogP contribution in [0, 0.1) is 0 Å². The van der Waals surface area contributed by atoms with Crippen LogP contribution in [0.3, 0.4) is 0 Å². The van der Waals surface area contributed by atoms with Crippen molar-refractivity contribution < 1.29 is 42.8 Å². The number of nitrogens with one attached hydrogen (secondary N) is 5. The number of aromatic nitrogens is 6. The van der Waals surface area contributed by atoms with Gasteiger partial charge in [0.05, 0.1) is 45.0 Å². The number of ether oxygens (including phenoxy) is 1. The number of para-hydroxylation sites is 2. The van der Waals surface area contributed by atoms with Gasteiger partial charge in [0.25, 0.3) is 0 Å². The highest BCUT2D eigenvalue weighted by molar-refractivity contribution is 6.33. The van der Waals surface area contributed by atoms with Crippen molar-refractivity contribution in [3.8, 4) is 22.5 Å². The first-order valence-corrected chi connectivity index (χ1v) is 26.5. The third-order valence-corrected chi connectivity index (χ3v) is 14.6. The monoisotopic (exact) mass is 1090 g/mol. The predicted molar refractivity (Wildman–Crippen MR) is 288 cm³/mol. The van der Waals surface area contributed by atoms with E-state index >= 15 is 0 Å². The number of carbonyl (C=O) groups is 2. The summed E-state index contributed by atoms with van der Waals surface area (Å²) in [5, 5.41) is 43.4. The fourth-order valence-electron chi connectivity index (χ4n) is 10.5. The van der Waals surface area contributed by atoms with Crippen molar-refractivity contribution in [2.45, 2.75) is 107 Å². The van der Waals surface area contributed by atoms with Crippen molar-refractivity contribution in [2.24, 2.45) is 0 Å². The van der Waals surface area contributed by atoms with E-state index in [0.717, 1.165) is 104 Å². The molecule has 4 fully saturated rings. The molecule has 76 heavy (non-hydrogen) atoms. The number of hydrogen-bond donors (Lipinski definition) is 8. The number of alkyl halides is 3. The number of halogens is 5. The summed E-state index contributed by atoms with van der Waals surface area (Å²) in [5.74, 6) is -1.69. The second-order valence-electron chi connectivity index (χ2n) is 21.2. The second kappa shape index (κ2) is 24.2. The average Bonchev–Trinajstić information content (AvgIpc) is 4.01. The van der Waals surface area contributed by atoms with Crippen molar-refractivity contribution in [2.75, 3.05) is 76.1 Å². The van der Waals surface area contributed by atoms with E-state index in [9.17, 15) is 28.2 Å². The molecule has 0 bridgehead atoms. The molecule has 23 heteroatoms. The molecule has 4 aliphatic rings. The molecule has 2 saturated heterocycles. The lowest BCUT2D eigenvalue weighted by molar-refractivity contribution is -0.192. The number of aliphatic carboxylic acids is 1. The number of benzene rings is 2. The fourth-order valence-corrected chi connectivity index (χ4v) is 10.9. The number of aliphatic hydroxyl groups is 2. The van der Waals surface area contributed by atoms with Crippen molar-refractivity contribution >= 4 is 69.0 Å². The number of aromatic amines is 2. The third-order valence-electron chi connectivity index (χ3n) is 14.0. The topological polar surface area (TPSA) is 233 Å². The number of carbonyl (C=O) groups excluding carboxylic acids is 1. The summed E-state index contributed by atoms with van der Waals surface area (Å²) in [6, 6.07) is 16.3. The number of carboxylic acid groups (broad SMARTS) is 1. The van der Waals surface area contributed by atoms with Gasteiger partial charge in [-0.05, 0) is 84.3 Å². The van der Waals surface area contributed by atoms with Crippen LogP contribution in [0.4, 0.5) is 29.9 Å². The van der Waals surface area contributed by atoms with Crippen LogP contribution in [0.25, 0.3) is 44.3 Å². The molecule has 4 aromatic heterocycles. The van der Waals surface area contributed by atoms with Gasteiger partial charge in [-0.15, -0.1) is 0 Å². The van der Waals surface area contributed by atoms with Gasteiger partial charge in [0.15, 0.2) is 0 Å². The first-order chi connectivity index (χ1) is 36.1. The van der Waals surface area contributed by atoms with Crippen molar-refractivity contribution in [1.29, 1.82) is 0 Å². The van der Waals surface area contributed by atoms with Gasteiger partial charge in [-0.3, -0.25) is 9.80 Å². The smallest absolute Gasteiger partial charge is 0.475 e. The molecule has 6 heterocycles. The quantitative estimate of drug-likeness (QED) is 0.0640. The van der Waals surface area contributed by atoms with Gasteiger partial charge in [-0.25, -0.2) is 29.5 Å². The zero-order valence-electron chi connectivity index (χ0n) is 42.9. The van der Waals surface area contributed by atoms with Crippen LogP contribution < -0.4 is 16.0 Å². The third kappa shape index (κ3) is 15.0. The molecular weight excluding hydrogens is 1030 g/mol. The SMILES string of the molecule is CC(C)(C)OC(=O)N1CCN(CC2(O)CCC[C@@H](Nc3ncc(Cl)c(-c4c[nH]c5ccccc45)n3)C2)CC1.O=C(O)C(F)(F)F.OC1(CN2CCNCC2)CCC[C@@H](Nc2ncc(Cl)c(-c3c[nH]c4ccccc34)n2)C1. The van der Waals surface area contributed by atoms with Crippen LogP contribution in [0.1, 0.15) is 72.1 Å². The number of β-amino-alcohol motifs (C(OH)–C–C–N with tert-alkyl or cyclic N) is 2. The molecule has 10 rings (SSSR count). The van der Waals surface area contributed by atoms with Gasteiger partial charge >= 0.3 is 18.2 Å². The van der Waals surface area contributed by atoms with E-state index in [0.29, 0.717) is 78.9 Å². The van der Waals surface area contributed by atoms with Gasteiger partial charge in [-0.1, -0.05) is 59.6 Å². The average molecular weight is 1100 g/mol. The standard InChI is InChI=1S/C28H37ClN6O3.C23H29ClN6O.C2HF3O2/c1-27(2,3)38-26(36)35-13-11-34(12-14-35)18-28(37)10-6-7-19(15-28)32-25-31-17-22(29)24(33-25)21-16-30-23-9-5-4-8-20(21)23;24-19-14-27-22(29-21(19)18-13-26-20-6-2-1-5-17(18)20)28-16-4-3-7-23(31,12-16)15-30-10-8-25-9-11-30;3-2(4,5)1(6)7/h4-5,8-9,16-17,19,30,37H,6-7,10-15,18H2,1-3H3,(H,31,32,33);1-2,5-6,13-14,16,25-26,31H,3-4,7-12,15H2,(H,27,28,29);(H,6,7)/t19-,28?;16-,23?;/m11./s1. The van der Waals surface area contributed by atoms with Gasteiger partial charge in [0, 0.05) is 123 Å². The van der Waals surface area contributed by atoms with Gasteiger partial charge in [0.2, 0.25) is 11.9 Å². The minimum Gasteiger partial charge on any atom is -0.475 e. The van der Waals surface area contributed by atoms with Crippen LogP contribution in [0.15, 0.2) is 73.3 Å². The minimum absolute atomic E-state index is 0.0498. The lowest BCUT2D eigenvalue weighted by atomic mass is 9.81. The Kier molecular flexibility index (Phi) is 18.0. The highest BCUT2D eigenvalue weighted by atomic mass is 35.5. The number of amides is 1. The first kappa shape index (κ1) is 56.4. The van der Waals surface area contributed by atoms with E-state index in [-0.39, 0.29) is 18.2 Å². The van der Waals surface area contributed by atoms with E-state index in [1.807, 2.05) is 75.6 Å². The fraction of sp³-hybridized carbons (Fsp3) is 0.509. The molecule has 8 N–H and O–H groups in total. The molecule has 410 valence electrons. The Morgan fingerprint density at radius 2 is 1.16 bits per heavy atom. The predicted octanol–water partition coefficient (Wildman–Crippen LogP) is 8.82. The summed E-state index contributed by atoms with van der Waals surface area (Å²) in [6.45, 7) is 13.5. The number of H-pyrrole nitrogens is 2. The van der Waals surface area contributed by atoms with E-state index < -0.39 is 28.9 Å². The van der Waals surface area contributed by atoms with Crippen LogP contribution in [0.2, 0.25) is 10.0 Å². The van der Waals surface area contributed by atoms with Crippen LogP contribution in [0.5, 0.6) is 0 Å². The molecule has 0 radical (unpaired) electrons. The Balaban J connectivity index is 0.000000182. The Labute approximate surface area is 449 Å². The zero-order valence-corrected chi connectivity index (χ0v) is 44.4. The van der Waals surface area contributed by atoms with Gasteiger partial charge < -0.3 is 50.9 Å². The van der Waals surface area contributed by atoms with Crippen LogP contribution in [-0.2, 0) is 9.53 Å². The molecule has 2 aromatic carbocycles. The van der Waals surface area contributed by atoms with Crippen molar-refractivity contribution in [3.05, 3.63) is 83.4 Å². The van der Waals surface area contributed by atoms with Crippen molar-refractivity contribution in [3.63, 3.8) is 0 Å². The lowest BCUT2D eigenvalue weighted by Crippen LogP contribution is -2.55. The maximum absolute atomic E-state index is 12.4. The van der Waals surface area contributed by atoms with Gasteiger partial charge in [0.1, 0.15) is 5.60 Å². The second-order valence-corrected chi connectivity index (χ2v) is 22.0. The summed E-state index contributed by atoms with van der Waals surface area (Å²) < 4.78 is 37.2. The highest BCUT2D eigenvalue weighted by Gasteiger charge is 2.40. The van der Waals surface area contributed by atoms with Crippen LogP contribution in [-0.4, -0.2) is 172 Å². The summed E-state index contributed by atoms with van der Waals surface area (Å²) >= 11 is 13.0. The Morgan fingerprint density at radius 1 is 0.724 bits per heavy atom. The Morgan fingerprint density at radius 3 is 1.59 bits per heavy atom. The number of rotatable bonds is 10. The number of anilines is 2. The molecule has 2 aliphatic heterocycles. The number of piperazine rings is 2. The maximum Gasteiger partial charge on any atom is 0.490 e. The van der Waals surface area contributed by atoms with E-state index in [1.165, 1.54) is 0 Å². The molecule has 0 spiro atoms. The molecule has 6 aromatic rings. The molecule has 18 nitrogen and oxygen atoms in total. The largest absolute Gasteiger partial charge is 0.490 e. The molecule has 4 atom stereocenters. The maximum atomic E-state index is 12.4. The van der Waals surface area contributed by atoms with E-state index in [1.54, 1.807) is 17.3 Å². The van der Waals surface area contributed by atoms with E-state index in [2.05, 4.69) is 51.8 Å². The molecule has 2 saturated carbocycles. The summed E-state index contributed by atoms with van der Waals surface area (Å²) in [6.07, 6.45) is 8.53. The number of fused-ring (bicyclic) bond motifs is 2. The lowest BCUT2D eigenvalue weighted by Gasteiger charge is -2.43. The summed E-state index contributed by atoms with van der Waals surface area (Å²) in [7, 11) is 0. The number of carboxylic acids is 1. The summed E-state index contributed by atoms with van der Waals surface area (Å²) in [5.41, 5.74) is 3.38. The Hall–Kier alpha value is -5.81. The van der Waals surface area contributed by atoms with Crippen molar-refractivity contribution in [1.82, 2.24) is 49.9 Å². The highest BCUT2D eigenvalue weighted by Crippen LogP contribution is 2.37. The minimum atomic E-state index is -5.08. The molecule has 2 unspecified atom stereocenters. The number of nitrogens with zero attached hydrogens (tertiary/aromatic N) is 7. The van der Waals surface area contributed by atoms with Gasteiger partial charge in [-0.2, -0.15) is 13.2 Å². The zero-order chi connectivity index (χ0) is 54.3. The molecular formula is C53H67Cl2F3N12O6. The normalized spacial score (nSPS) is 22.7. The number of hydrogen-bond acceptors (Lipinski definition) is 14. The van der Waals surface area contributed by atoms with E-state index in [4.69, 9.17) is 47.8 Å². The first-order valence-electron chi connectivity index (χ1n) is 25.7. The summed E-state index contributed by atoms with van der Waals surface area (Å²) in [4.78, 5) is 52.6. The van der Waals surface area contributed by atoms with Crippen LogP contribution >= 0.6 is 23.2 Å². The molecule has 2 aliphatic carbocycles. The molecule has 1 amide bonds. The Bertz CT molecular complexity index is 2930.